The summed E-state index contributed by atoms with van der Waals surface area (Å²) < 4.78 is 18.2. The van der Waals surface area contributed by atoms with Crippen LogP contribution < -0.4 is 19.5 Å². The summed E-state index contributed by atoms with van der Waals surface area (Å²) in [5.74, 6) is 1.42. The van der Waals surface area contributed by atoms with Gasteiger partial charge in [0.2, 0.25) is 0 Å². The highest BCUT2D eigenvalue weighted by Crippen LogP contribution is 2.40. The van der Waals surface area contributed by atoms with Crippen molar-refractivity contribution in [3.63, 3.8) is 0 Å². The van der Waals surface area contributed by atoms with E-state index >= 15 is 0 Å². The molecule has 0 aliphatic carbocycles. The molecular weight excluding hydrogens is 760 g/mol. The first kappa shape index (κ1) is 36.9. The van der Waals surface area contributed by atoms with Crippen LogP contribution in [0.15, 0.2) is 66.7 Å². The number of nitrogens with one attached hydrogen (secondary N) is 1. The van der Waals surface area contributed by atoms with Gasteiger partial charge in [0.25, 0.3) is 0 Å². The number of alkyl halides is 1. The van der Waals surface area contributed by atoms with Crippen LogP contribution in [0.2, 0.25) is 25.1 Å². The second-order valence-electron chi connectivity index (χ2n) is 10.7. The minimum Gasteiger partial charge on any atom is -0.492 e. The third kappa shape index (κ3) is 9.59. The van der Waals surface area contributed by atoms with Gasteiger partial charge in [0.05, 0.1) is 40.4 Å². The molecule has 0 bridgehead atoms. The first-order chi connectivity index (χ1) is 22.1. The van der Waals surface area contributed by atoms with Crippen molar-refractivity contribution < 1.29 is 24.4 Å². The molecule has 4 aromatic rings. The molecular formula is C34H33BrCl5NO5. The van der Waals surface area contributed by atoms with Crippen LogP contribution in [0, 0.1) is 0 Å². The van der Waals surface area contributed by atoms with Crippen LogP contribution in [0.3, 0.4) is 0 Å². The van der Waals surface area contributed by atoms with Crippen molar-refractivity contribution in [2.24, 2.45) is 0 Å². The van der Waals surface area contributed by atoms with E-state index in [1.165, 1.54) is 0 Å². The number of ether oxygens (including phenoxy) is 3. The van der Waals surface area contributed by atoms with E-state index in [4.69, 9.17) is 72.2 Å². The van der Waals surface area contributed by atoms with Crippen LogP contribution in [0.1, 0.15) is 30.0 Å². The number of halogens is 6. The fourth-order valence-corrected chi connectivity index (χ4v) is 5.76. The summed E-state index contributed by atoms with van der Waals surface area (Å²) in [6, 6.07) is 19.8. The summed E-state index contributed by atoms with van der Waals surface area (Å²) in [6.07, 6.45) is 0.847. The Morgan fingerprint density at radius 3 is 2.09 bits per heavy atom. The predicted molar refractivity (Wildman–Crippen MR) is 192 cm³/mol. The smallest absolute Gasteiger partial charge is 0.142 e. The van der Waals surface area contributed by atoms with Crippen LogP contribution in [0.5, 0.6) is 17.2 Å². The number of rotatable bonds is 16. The van der Waals surface area contributed by atoms with E-state index in [2.05, 4.69) is 21.2 Å². The highest BCUT2D eigenvalue weighted by atomic mass is 79.9. The fraction of sp³-hybridized carbons (Fsp3) is 0.294. The maximum absolute atomic E-state index is 9.75. The number of hydrogen-bond donors (Lipinski definition) is 3. The van der Waals surface area contributed by atoms with Crippen molar-refractivity contribution in [3.05, 3.63) is 109 Å². The third-order valence-electron chi connectivity index (χ3n) is 7.16. The van der Waals surface area contributed by atoms with Crippen LogP contribution >= 0.6 is 73.9 Å². The Labute approximate surface area is 302 Å². The maximum Gasteiger partial charge on any atom is 0.142 e. The first-order valence-electron chi connectivity index (χ1n) is 14.3. The molecule has 0 aromatic heterocycles. The van der Waals surface area contributed by atoms with E-state index in [1.54, 1.807) is 37.3 Å². The van der Waals surface area contributed by atoms with Crippen molar-refractivity contribution in [2.45, 2.75) is 38.6 Å². The summed E-state index contributed by atoms with van der Waals surface area (Å²) in [6.45, 7) is 2.17. The SMILES string of the molecule is CC(CO)(CO)NCc1cc(Cl)c(OCc2cccc(-c3cccc(OCCCBr)c3Cl)c2Cl)cc1OCc1cc(Cl)ccc1Cl. The van der Waals surface area contributed by atoms with Crippen molar-refractivity contribution in [1.82, 2.24) is 5.32 Å². The van der Waals surface area contributed by atoms with E-state index in [-0.39, 0.29) is 33.0 Å². The maximum atomic E-state index is 9.75. The molecule has 0 fully saturated rings. The zero-order valence-corrected chi connectivity index (χ0v) is 30.3. The lowest BCUT2D eigenvalue weighted by molar-refractivity contribution is 0.103. The molecule has 0 spiro atoms. The Morgan fingerprint density at radius 2 is 1.37 bits per heavy atom. The molecule has 0 aliphatic rings. The first-order valence-corrected chi connectivity index (χ1v) is 17.3. The van der Waals surface area contributed by atoms with E-state index in [1.807, 2.05) is 36.4 Å². The number of aliphatic hydroxyl groups excluding tert-OH is 2. The van der Waals surface area contributed by atoms with Crippen molar-refractivity contribution in [1.29, 1.82) is 0 Å². The van der Waals surface area contributed by atoms with E-state index < -0.39 is 5.54 Å². The van der Waals surface area contributed by atoms with Gasteiger partial charge in [-0.1, -0.05) is 104 Å². The molecule has 0 aliphatic heterocycles. The second-order valence-corrected chi connectivity index (χ2v) is 13.5. The van der Waals surface area contributed by atoms with Crippen molar-refractivity contribution in [2.75, 3.05) is 25.2 Å². The van der Waals surface area contributed by atoms with Gasteiger partial charge in [-0.25, -0.2) is 0 Å². The van der Waals surface area contributed by atoms with Crippen molar-refractivity contribution in [3.8, 4) is 28.4 Å². The normalized spacial score (nSPS) is 11.5. The van der Waals surface area contributed by atoms with Gasteiger partial charge in [-0.2, -0.15) is 0 Å². The molecule has 12 heteroatoms. The molecule has 4 aromatic carbocycles. The number of aliphatic hydroxyl groups is 2. The van der Waals surface area contributed by atoms with Gasteiger partial charge in [-0.3, -0.25) is 0 Å². The Morgan fingerprint density at radius 1 is 0.696 bits per heavy atom. The summed E-state index contributed by atoms with van der Waals surface area (Å²) in [5, 5.41) is 25.8. The predicted octanol–water partition coefficient (Wildman–Crippen LogP) is 9.78. The molecule has 0 unspecified atom stereocenters. The molecule has 0 radical (unpaired) electrons. The molecule has 0 amide bonds. The second kappa shape index (κ2) is 17.5. The van der Waals surface area contributed by atoms with E-state index in [9.17, 15) is 10.2 Å². The van der Waals surface area contributed by atoms with Crippen LogP contribution in [0.4, 0.5) is 0 Å². The third-order valence-corrected chi connectivity index (χ3v) is 9.46. The Balaban J connectivity index is 1.59. The minimum atomic E-state index is -0.918. The summed E-state index contributed by atoms with van der Waals surface area (Å²) in [4.78, 5) is 0. The molecule has 4 rings (SSSR count). The highest BCUT2D eigenvalue weighted by molar-refractivity contribution is 9.09. The zero-order valence-electron chi connectivity index (χ0n) is 24.9. The van der Waals surface area contributed by atoms with Gasteiger partial charge < -0.3 is 29.7 Å². The lowest BCUT2D eigenvalue weighted by atomic mass is 10.0. The monoisotopic (exact) mass is 789 g/mol. The van der Waals surface area contributed by atoms with Gasteiger partial charge in [0.15, 0.2) is 0 Å². The average molecular weight is 793 g/mol. The van der Waals surface area contributed by atoms with Gasteiger partial charge in [-0.05, 0) is 43.7 Å². The molecule has 46 heavy (non-hydrogen) atoms. The largest absolute Gasteiger partial charge is 0.492 e. The zero-order chi connectivity index (χ0) is 33.3. The molecule has 3 N–H and O–H groups in total. The van der Waals surface area contributed by atoms with Crippen LogP contribution in [0.25, 0.3) is 11.1 Å². The topological polar surface area (TPSA) is 80.2 Å². The standard InChI is InChI=1S/C34H33BrCl5NO5/c1-34(19-42,20-43)41-16-22-14-28(38)31(15-30(22)45-18-23-13-24(36)9-10-27(23)37)46-17-21-5-2-6-25(32(21)39)26-7-3-8-29(33(26)40)44-12-4-11-35/h2-3,5-10,13-15,41-43H,4,11-12,16-20H2,1H3. The molecule has 0 atom stereocenters. The number of hydrogen-bond acceptors (Lipinski definition) is 6. The van der Waals surface area contributed by atoms with Crippen molar-refractivity contribution >= 4 is 73.9 Å². The van der Waals surface area contributed by atoms with Gasteiger partial charge in [-0.15, -0.1) is 0 Å². The average Bonchev–Trinajstić information content (AvgIpc) is 3.05. The molecule has 6 nitrogen and oxygen atoms in total. The van der Waals surface area contributed by atoms with Crippen LogP contribution in [-0.4, -0.2) is 40.9 Å². The van der Waals surface area contributed by atoms with Gasteiger partial charge in [0.1, 0.15) is 30.5 Å². The summed E-state index contributed by atoms with van der Waals surface area (Å²) in [7, 11) is 0. The Kier molecular flexibility index (Phi) is 14.0. The van der Waals surface area contributed by atoms with E-state index in [0.717, 1.165) is 28.4 Å². The molecule has 0 saturated carbocycles. The molecule has 0 saturated heterocycles. The molecule has 246 valence electrons. The Bertz CT molecular complexity index is 1640. The lowest BCUT2D eigenvalue weighted by Gasteiger charge is -2.27. The van der Waals surface area contributed by atoms with Gasteiger partial charge >= 0.3 is 0 Å². The summed E-state index contributed by atoms with van der Waals surface area (Å²) in [5.41, 5.74) is 2.66. The lowest BCUT2D eigenvalue weighted by Crippen LogP contribution is -2.48. The molecule has 0 heterocycles. The summed E-state index contributed by atoms with van der Waals surface area (Å²) >= 11 is 36.3. The highest BCUT2D eigenvalue weighted by Gasteiger charge is 2.23. The fourth-order valence-electron chi connectivity index (χ4n) is 4.36. The number of benzene rings is 4. The Hall–Kier alpha value is -1.91. The van der Waals surface area contributed by atoms with Crippen LogP contribution in [-0.2, 0) is 19.8 Å². The quantitative estimate of drug-likeness (QED) is 0.0775. The van der Waals surface area contributed by atoms with E-state index in [0.29, 0.717) is 60.1 Å². The van der Waals surface area contributed by atoms with Gasteiger partial charge in [0, 0.05) is 55.8 Å². The minimum absolute atomic E-state index is 0.107.